The molecule has 0 aromatic heterocycles. The van der Waals surface area contributed by atoms with Crippen molar-refractivity contribution in [2.75, 3.05) is 0 Å². The van der Waals surface area contributed by atoms with Gasteiger partial charge in [0.25, 0.3) is 0 Å². The van der Waals surface area contributed by atoms with Crippen molar-refractivity contribution in [3.05, 3.63) is 0 Å². The number of rotatable bonds is 0. The Balaban J connectivity index is 0. The van der Waals surface area contributed by atoms with Crippen LogP contribution in [0.2, 0.25) is 0 Å². The molecule has 0 unspecified atom stereocenters. The van der Waals surface area contributed by atoms with Gasteiger partial charge in [0.1, 0.15) is 0 Å². The summed E-state index contributed by atoms with van der Waals surface area (Å²) in [6, 6.07) is 0. The Hall–Kier alpha value is 2.31. The van der Waals surface area contributed by atoms with Crippen LogP contribution in [0.4, 0.5) is 0 Å². The Labute approximate surface area is 74.4 Å². The molecule has 6 heteroatoms. The zero-order valence-corrected chi connectivity index (χ0v) is 8.58. The molecule has 0 rings (SSSR count). The maximum atomic E-state index is 7.17. The summed E-state index contributed by atoms with van der Waals surface area (Å²) in [6.07, 6.45) is 0. The van der Waals surface area contributed by atoms with Crippen LogP contribution in [0.3, 0.4) is 0 Å². The summed E-state index contributed by atoms with van der Waals surface area (Å²) in [5.74, 6) is 0. The van der Waals surface area contributed by atoms with Crippen LogP contribution < -0.4 is 0 Å². The minimum absolute atomic E-state index is 1.03. The third-order valence-corrected chi connectivity index (χ3v) is 0. The fraction of sp³-hybridized carbons (Fsp3) is 0. The van der Waals surface area contributed by atoms with Crippen molar-refractivity contribution in [3.8, 4) is 0 Å². The van der Waals surface area contributed by atoms with Gasteiger partial charge in [0, 0.05) is 0 Å². The molecular formula is H3BIKO3. The predicted molar refractivity (Wildman–Crippen MR) is 32.2 cm³/mol. The molecule has 0 fully saturated rings. The second-order valence-corrected chi connectivity index (χ2v) is 0.346. The molecule has 0 spiro atoms. The second kappa shape index (κ2) is 10.3. The third-order valence-electron chi connectivity index (χ3n) is 0. The quantitative estimate of drug-likeness (QED) is 0.347. The first-order valence-electron chi connectivity index (χ1n) is 1.15. The number of halogens is 1. The Morgan fingerprint density at radius 3 is 1.17 bits per heavy atom. The first-order valence-corrected chi connectivity index (χ1v) is 11.2. The van der Waals surface area contributed by atoms with Gasteiger partial charge in [-0.25, -0.2) is 0 Å². The van der Waals surface area contributed by atoms with E-state index in [9.17, 15) is 0 Å². The van der Waals surface area contributed by atoms with E-state index >= 15 is 0 Å². The average Bonchev–Trinajstić information content (AvgIpc) is 1.41. The maximum absolute atomic E-state index is 7.17. The summed E-state index contributed by atoms with van der Waals surface area (Å²) >= 11 is 3.37. The first-order chi connectivity index (χ1) is 2.73. The molecule has 0 aliphatic carbocycles. The summed E-state index contributed by atoms with van der Waals surface area (Å²) in [5, 5.41) is 21.5. The van der Waals surface area contributed by atoms with E-state index in [0.717, 1.165) is 42.7 Å². The summed E-state index contributed by atoms with van der Waals surface area (Å²) in [4.78, 5) is 0. The molecule has 0 aliphatic rings. The van der Waals surface area contributed by atoms with Gasteiger partial charge >= 0.3 is 61.3 Å². The molecule has 0 amide bonds. The molecule has 0 aliphatic heterocycles. The molecule has 0 atom stereocenters. The van der Waals surface area contributed by atoms with Gasteiger partial charge < -0.3 is 15.1 Å². The van der Waals surface area contributed by atoms with Crippen molar-refractivity contribution in [2.45, 2.75) is 0 Å². The van der Waals surface area contributed by atoms with Crippen molar-refractivity contribution in [3.63, 3.8) is 0 Å². The predicted octanol–water partition coefficient (Wildman–Crippen LogP) is -1.55. The average molecular weight is 228 g/mol. The van der Waals surface area contributed by atoms with Gasteiger partial charge in [0.05, 0.1) is 0 Å². The zero-order chi connectivity index (χ0) is 5.58. The van der Waals surface area contributed by atoms with Crippen LogP contribution in [0.25, 0.3) is 0 Å². The zero-order valence-electron chi connectivity index (χ0n) is 3.30. The van der Waals surface area contributed by atoms with Crippen LogP contribution in [0.5, 0.6) is 0 Å². The molecular weight excluding hydrogens is 225 g/mol. The Morgan fingerprint density at radius 1 is 1.17 bits per heavy atom. The Morgan fingerprint density at radius 2 is 1.17 bits per heavy atom. The summed E-state index contributed by atoms with van der Waals surface area (Å²) in [7, 11) is -2.17. The Kier molecular flexibility index (Phi) is 19.2. The molecule has 0 heterocycles. The van der Waals surface area contributed by atoms with E-state index in [1.165, 1.54) is 0 Å². The molecule has 0 radical (unpaired) electrons. The SMILES string of the molecule is OB(O)O.[K][I]. The van der Waals surface area contributed by atoms with Crippen LogP contribution in [0.15, 0.2) is 0 Å². The van der Waals surface area contributed by atoms with E-state index in [1.807, 2.05) is 0 Å². The van der Waals surface area contributed by atoms with Gasteiger partial charge in [-0.05, 0) is 0 Å². The second-order valence-electron chi connectivity index (χ2n) is 0.346. The standard InChI is InChI=1S/BH3O3.HI.K/c2-1(3)4;;/h2-4H;1H;/q;;+1/p-1. The summed E-state index contributed by atoms with van der Waals surface area (Å²) in [5.41, 5.74) is 0. The van der Waals surface area contributed by atoms with Crippen molar-refractivity contribution >= 4 is 61.3 Å². The fourth-order valence-electron chi connectivity index (χ4n) is 0. The molecule has 3 N–H and O–H groups in total. The summed E-state index contributed by atoms with van der Waals surface area (Å²) < 4.78 is 0. The van der Waals surface area contributed by atoms with Crippen LogP contribution in [0.1, 0.15) is 0 Å². The number of hydrogen-bond acceptors (Lipinski definition) is 3. The molecule has 32 valence electrons. The summed E-state index contributed by atoms with van der Waals surface area (Å²) in [6.45, 7) is 0. The van der Waals surface area contributed by atoms with Crippen LogP contribution >= 0.6 is 11.3 Å². The molecule has 0 aromatic rings. The van der Waals surface area contributed by atoms with Crippen LogP contribution in [-0.4, -0.2) is 65.1 Å². The Bertz CT molecular complexity index is 15.5. The van der Waals surface area contributed by atoms with E-state index in [1.54, 1.807) is 0 Å². The molecule has 6 heavy (non-hydrogen) atoms. The van der Waals surface area contributed by atoms with Crippen LogP contribution in [0, 0.1) is 0 Å². The van der Waals surface area contributed by atoms with Crippen molar-refractivity contribution < 1.29 is 15.1 Å². The van der Waals surface area contributed by atoms with Gasteiger partial charge in [-0.3, -0.25) is 0 Å². The van der Waals surface area contributed by atoms with Gasteiger partial charge in [-0.1, -0.05) is 0 Å². The van der Waals surface area contributed by atoms with Crippen molar-refractivity contribution in [2.24, 2.45) is 0 Å². The van der Waals surface area contributed by atoms with Gasteiger partial charge in [0.15, 0.2) is 0 Å². The van der Waals surface area contributed by atoms with Crippen molar-refractivity contribution in [1.82, 2.24) is 0 Å². The normalized spacial score (nSPS) is 5.67. The monoisotopic (exact) mass is 228 g/mol. The van der Waals surface area contributed by atoms with Gasteiger partial charge in [0.2, 0.25) is 0 Å². The minimum atomic E-state index is -2.17. The van der Waals surface area contributed by atoms with E-state index in [-0.39, 0.29) is 0 Å². The molecule has 0 saturated heterocycles. The molecule has 0 saturated carbocycles. The first kappa shape index (κ1) is 11.2. The van der Waals surface area contributed by atoms with E-state index in [0.29, 0.717) is 0 Å². The van der Waals surface area contributed by atoms with Gasteiger partial charge in [-0.15, -0.1) is 0 Å². The fourth-order valence-corrected chi connectivity index (χ4v) is 0. The molecule has 3 nitrogen and oxygen atoms in total. The molecule has 0 aromatic carbocycles. The topological polar surface area (TPSA) is 60.7 Å². The third kappa shape index (κ3) is 33.3. The molecule has 0 bridgehead atoms. The van der Waals surface area contributed by atoms with E-state index in [4.69, 9.17) is 15.1 Å². The van der Waals surface area contributed by atoms with Gasteiger partial charge in [-0.2, -0.15) is 0 Å². The number of hydrogen-bond donors (Lipinski definition) is 3. The van der Waals surface area contributed by atoms with Crippen molar-refractivity contribution in [1.29, 1.82) is 0 Å². The van der Waals surface area contributed by atoms with E-state index < -0.39 is 7.32 Å². The van der Waals surface area contributed by atoms with E-state index in [2.05, 4.69) is 11.3 Å². The van der Waals surface area contributed by atoms with Crippen LogP contribution in [-0.2, 0) is 0 Å².